The number of benzene rings is 2. The minimum atomic E-state index is -3.93. The van der Waals surface area contributed by atoms with Crippen molar-refractivity contribution in [2.24, 2.45) is 0 Å². The molecule has 0 fully saturated rings. The van der Waals surface area contributed by atoms with Crippen molar-refractivity contribution in [2.45, 2.75) is 5.75 Å². The second-order valence-corrected chi connectivity index (χ2v) is 8.02. The predicted octanol–water partition coefficient (Wildman–Crippen LogP) is 2.80. The van der Waals surface area contributed by atoms with Gasteiger partial charge in [0.05, 0.1) is 53.5 Å². The van der Waals surface area contributed by atoms with Gasteiger partial charge in [-0.3, -0.25) is 4.79 Å². The van der Waals surface area contributed by atoms with E-state index in [0.717, 1.165) is 5.41 Å². The highest BCUT2D eigenvalue weighted by Gasteiger charge is 2.15. The summed E-state index contributed by atoms with van der Waals surface area (Å²) in [6, 6.07) is 6.37. The third-order valence-electron chi connectivity index (χ3n) is 4.03. The molecule has 10 heteroatoms. The highest BCUT2D eigenvalue weighted by atomic mass is 32.2. The van der Waals surface area contributed by atoms with Crippen LogP contribution in [-0.4, -0.2) is 54.3 Å². The molecule has 0 bridgehead atoms. The fourth-order valence-electron chi connectivity index (χ4n) is 2.65. The molecule has 168 valence electrons. The molecule has 2 N–H and O–H groups in total. The van der Waals surface area contributed by atoms with E-state index >= 15 is 0 Å². The predicted molar refractivity (Wildman–Crippen MR) is 117 cm³/mol. The summed E-state index contributed by atoms with van der Waals surface area (Å²) in [6.07, 6.45) is 1.21. The molecule has 0 aliphatic rings. The van der Waals surface area contributed by atoms with Gasteiger partial charge >= 0.3 is 5.97 Å². The highest BCUT2D eigenvalue weighted by Crippen LogP contribution is 2.35. The molecular formula is C21H25NO8S. The normalized spacial score (nSPS) is 14.9. The second-order valence-electron chi connectivity index (χ2n) is 6.13. The quantitative estimate of drug-likeness (QED) is 0.525. The molecule has 0 spiro atoms. The Morgan fingerprint density at radius 3 is 2.32 bits per heavy atom. The molecule has 2 aromatic rings. The van der Waals surface area contributed by atoms with E-state index in [-0.39, 0.29) is 39.8 Å². The van der Waals surface area contributed by atoms with Gasteiger partial charge in [-0.2, -0.15) is 0 Å². The Hall–Kier alpha value is -3.40. The molecule has 0 amide bonds. The van der Waals surface area contributed by atoms with E-state index < -0.39 is 42.2 Å². The molecule has 0 aliphatic heterocycles. The molecule has 0 radical (unpaired) electrons. The number of sulfone groups is 1. The lowest BCUT2D eigenvalue weighted by atomic mass is 10.1. The van der Waals surface area contributed by atoms with Crippen molar-refractivity contribution in [3.05, 3.63) is 46.9 Å². The van der Waals surface area contributed by atoms with Crippen LogP contribution in [0.3, 0.4) is 0 Å². The smallest absolute Gasteiger partial charge is 0.322 e. The van der Waals surface area contributed by atoms with Crippen molar-refractivity contribution in [1.29, 1.82) is 0 Å². The summed E-state index contributed by atoms with van der Waals surface area (Å²) in [7, 11) is -6.86. The molecule has 0 unspecified atom stereocenters. The van der Waals surface area contributed by atoms with E-state index in [1.165, 1.54) is 50.6 Å². The highest BCUT2D eigenvalue weighted by molar-refractivity contribution is 7.93. The number of methoxy groups -OCH3 is 4. The summed E-state index contributed by atoms with van der Waals surface area (Å²) in [6.45, 7) is -0.561. The van der Waals surface area contributed by atoms with E-state index in [4.69, 9.17) is 32.3 Å². The molecule has 31 heavy (non-hydrogen) atoms. The number of carbonyl (C=O) groups is 1. The van der Waals surface area contributed by atoms with Crippen molar-refractivity contribution in [2.75, 3.05) is 40.2 Å². The molecule has 0 aliphatic carbocycles. The minimum Gasteiger partial charge on any atom is -0.496 e. The summed E-state index contributed by atoms with van der Waals surface area (Å²) in [5, 5.41) is 12.3. The average molecular weight is 458 g/mol. The van der Waals surface area contributed by atoms with Gasteiger partial charge in [-0.1, -0.05) is 6.07 Å². The first-order valence-corrected chi connectivity index (χ1v) is 10.4. The van der Waals surface area contributed by atoms with E-state index in [0.29, 0.717) is 0 Å². The molecule has 0 atom stereocenters. The maximum Gasteiger partial charge on any atom is 0.322 e. The zero-order valence-electron chi connectivity index (χ0n) is 22.7. The number of ether oxygens (including phenoxy) is 4. The topological polar surface area (TPSA) is 120 Å². The van der Waals surface area contributed by atoms with Crippen molar-refractivity contribution < 1.29 is 45.5 Å². The zero-order valence-corrected chi connectivity index (χ0v) is 17.5. The first-order chi connectivity index (χ1) is 17.0. The summed E-state index contributed by atoms with van der Waals surface area (Å²) >= 11 is 0. The summed E-state index contributed by atoms with van der Waals surface area (Å²) < 4.78 is 89.3. The Bertz CT molecular complexity index is 1230. The van der Waals surface area contributed by atoms with Gasteiger partial charge in [-0.25, -0.2) is 8.42 Å². The Morgan fingerprint density at radius 2 is 1.74 bits per heavy atom. The molecule has 0 saturated heterocycles. The molecule has 9 nitrogen and oxygen atoms in total. The van der Waals surface area contributed by atoms with Gasteiger partial charge in [-0.15, -0.1) is 0 Å². The SMILES string of the molecule is [2H]C([2H])([2H])Oc1cc(OC)c(/C=C/S(=O)(=O)Cc2ccc(OC([2H])([2H])[2H])c(NCC(=O)O)c2)c(OC)c1. The number of rotatable bonds is 11. The number of hydrogen-bond donors (Lipinski definition) is 2. The van der Waals surface area contributed by atoms with E-state index in [1.807, 2.05) is 0 Å². The zero-order chi connectivity index (χ0) is 28.0. The second kappa shape index (κ2) is 10.6. The van der Waals surface area contributed by atoms with Gasteiger partial charge in [0.15, 0.2) is 9.84 Å². The number of anilines is 1. The molecule has 2 aromatic carbocycles. The third kappa shape index (κ3) is 6.54. The van der Waals surface area contributed by atoms with Crippen LogP contribution in [0.4, 0.5) is 5.69 Å². The van der Waals surface area contributed by atoms with Gasteiger partial charge in [0.25, 0.3) is 0 Å². The Morgan fingerprint density at radius 1 is 1.06 bits per heavy atom. The van der Waals surface area contributed by atoms with Crippen LogP contribution in [0.25, 0.3) is 6.08 Å². The van der Waals surface area contributed by atoms with Crippen molar-refractivity contribution >= 4 is 27.6 Å². The number of carboxylic acids is 1. The number of nitrogens with one attached hydrogen (secondary N) is 1. The lowest BCUT2D eigenvalue weighted by Crippen LogP contribution is -2.13. The van der Waals surface area contributed by atoms with Crippen LogP contribution in [0.15, 0.2) is 35.7 Å². The Kier molecular flexibility index (Phi) is 5.57. The monoisotopic (exact) mass is 457 g/mol. The Balaban J connectivity index is 2.36. The third-order valence-corrected chi connectivity index (χ3v) is 5.32. The van der Waals surface area contributed by atoms with Crippen LogP contribution in [0.1, 0.15) is 19.4 Å². The van der Waals surface area contributed by atoms with E-state index in [2.05, 4.69) is 5.32 Å². The van der Waals surface area contributed by atoms with Gasteiger partial charge in [0.2, 0.25) is 0 Å². The van der Waals surface area contributed by atoms with Crippen LogP contribution in [0, 0.1) is 0 Å². The molecule has 0 heterocycles. The average Bonchev–Trinajstić information content (AvgIpc) is 2.75. The van der Waals surface area contributed by atoms with Crippen LogP contribution in [0.5, 0.6) is 23.0 Å². The molecule has 0 saturated carbocycles. The molecule has 0 aromatic heterocycles. The molecular weight excluding hydrogens is 426 g/mol. The Labute approximate surface area is 189 Å². The summed E-state index contributed by atoms with van der Waals surface area (Å²) in [5.41, 5.74) is 0.413. The fourth-order valence-corrected chi connectivity index (χ4v) is 3.74. The number of hydrogen-bond acceptors (Lipinski definition) is 8. The van der Waals surface area contributed by atoms with Crippen LogP contribution in [-0.2, 0) is 20.4 Å². The first-order valence-electron chi connectivity index (χ1n) is 11.7. The standard InChI is InChI=1S/C21H25NO8S/c1-27-15-10-19(29-3)16(20(11-15)30-4)7-8-31(25,26)13-14-5-6-18(28-2)17(9-14)22-12-21(23)24/h5-11,22H,12-13H2,1-4H3,(H,23,24)/b8-7+/i1D3,2D3. The van der Waals surface area contributed by atoms with Crippen LogP contribution < -0.4 is 24.3 Å². The van der Waals surface area contributed by atoms with Crippen LogP contribution in [0.2, 0.25) is 0 Å². The minimum absolute atomic E-state index is 0.0108. The van der Waals surface area contributed by atoms with Gasteiger partial charge in [0.1, 0.15) is 29.5 Å². The number of aliphatic carboxylic acids is 1. The van der Waals surface area contributed by atoms with Crippen molar-refractivity contribution in [3.8, 4) is 23.0 Å². The van der Waals surface area contributed by atoms with Crippen molar-refractivity contribution in [3.63, 3.8) is 0 Å². The van der Waals surface area contributed by atoms with E-state index in [9.17, 15) is 13.2 Å². The van der Waals surface area contributed by atoms with Crippen LogP contribution >= 0.6 is 0 Å². The van der Waals surface area contributed by atoms with Gasteiger partial charge in [-0.05, 0) is 23.8 Å². The molecule has 2 rings (SSSR count). The lowest BCUT2D eigenvalue weighted by molar-refractivity contribution is -0.134. The lowest BCUT2D eigenvalue weighted by Gasteiger charge is -2.13. The fraction of sp³-hybridized carbons (Fsp3) is 0.286. The largest absolute Gasteiger partial charge is 0.496 e. The maximum atomic E-state index is 12.8. The maximum absolute atomic E-state index is 12.8. The summed E-state index contributed by atoms with van der Waals surface area (Å²) in [5.74, 6) is -1.81. The van der Waals surface area contributed by atoms with Gasteiger partial charge < -0.3 is 29.4 Å². The van der Waals surface area contributed by atoms with Crippen molar-refractivity contribution in [1.82, 2.24) is 0 Å². The first kappa shape index (κ1) is 16.3. The number of carboxylic acid groups (broad SMARTS) is 1. The van der Waals surface area contributed by atoms with Gasteiger partial charge in [0, 0.05) is 17.5 Å². The summed E-state index contributed by atoms with van der Waals surface area (Å²) in [4.78, 5) is 10.9. The van der Waals surface area contributed by atoms with E-state index in [1.54, 1.807) is 0 Å².